The van der Waals surface area contributed by atoms with Crippen molar-refractivity contribution in [1.82, 2.24) is 0 Å². The summed E-state index contributed by atoms with van der Waals surface area (Å²) < 4.78 is 11.6. The van der Waals surface area contributed by atoms with Gasteiger partial charge >= 0.3 is 0 Å². The largest absolute Gasteiger partial charge is 0.378 e. The second kappa shape index (κ2) is 11.0. The summed E-state index contributed by atoms with van der Waals surface area (Å²) in [6.45, 7) is 5.95. The molecule has 0 aromatic heterocycles. The van der Waals surface area contributed by atoms with Gasteiger partial charge in [0.1, 0.15) is 0 Å². The lowest BCUT2D eigenvalue weighted by Crippen LogP contribution is -2.28. The van der Waals surface area contributed by atoms with Crippen molar-refractivity contribution in [2.75, 3.05) is 13.2 Å². The zero-order valence-corrected chi connectivity index (χ0v) is 13.9. The van der Waals surface area contributed by atoms with E-state index in [1.807, 2.05) is 30.4 Å². The van der Waals surface area contributed by atoms with Gasteiger partial charge in [-0.25, -0.2) is 0 Å². The molecule has 2 heteroatoms. The molecule has 124 valence electrons. The normalized spacial score (nSPS) is 21.9. The molecule has 1 saturated heterocycles. The van der Waals surface area contributed by atoms with Crippen LogP contribution in [-0.4, -0.2) is 19.3 Å². The van der Waals surface area contributed by atoms with Gasteiger partial charge in [-0.1, -0.05) is 67.3 Å². The second-order valence-electron chi connectivity index (χ2n) is 5.92. The molecule has 0 spiro atoms. The quantitative estimate of drug-likeness (QED) is 0.360. The van der Waals surface area contributed by atoms with Crippen molar-refractivity contribution in [2.24, 2.45) is 5.92 Å². The third-order valence-corrected chi connectivity index (χ3v) is 4.15. The van der Waals surface area contributed by atoms with Crippen molar-refractivity contribution in [3.63, 3.8) is 0 Å². The minimum absolute atomic E-state index is 0.342. The van der Waals surface area contributed by atoms with E-state index in [1.54, 1.807) is 0 Å². The van der Waals surface area contributed by atoms with E-state index >= 15 is 0 Å². The average Bonchev–Trinajstić information content (AvgIpc) is 2.60. The van der Waals surface area contributed by atoms with Crippen LogP contribution in [0.15, 0.2) is 67.3 Å². The Bertz CT molecular complexity index is 490. The lowest BCUT2D eigenvalue weighted by Gasteiger charge is -2.30. The third kappa shape index (κ3) is 6.98. The average molecular weight is 312 g/mol. The Morgan fingerprint density at radius 3 is 2.83 bits per heavy atom. The standard InChI is InChI=1S/C21H28O2/c1-2-3-5-15-21-20(14-10-17-23-21)13-8-9-16-22-18-19-11-6-4-7-12-19/h2-9,11-12,20-21H,1,10,13-18H2/b5-3+,9-8-/t20-,21-/m0/s1. The van der Waals surface area contributed by atoms with Gasteiger partial charge < -0.3 is 9.47 Å². The van der Waals surface area contributed by atoms with Crippen LogP contribution in [0.3, 0.4) is 0 Å². The van der Waals surface area contributed by atoms with Crippen molar-refractivity contribution in [3.8, 4) is 0 Å². The Morgan fingerprint density at radius 1 is 1.13 bits per heavy atom. The second-order valence-corrected chi connectivity index (χ2v) is 5.92. The topological polar surface area (TPSA) is 18.5 Å². The first-order valence-electron chi connectivity index (χ1n) is 8.56. The molecule has 2 rings (SSSR count). The summed E-state index contributed by atoms with van der Waals surface area (Å²) in [6.07, 6.45) is 15.2. The molecule has 1 aliphatic rings. The zero-order chi connectivity index (χ0) is 16.2. The molecule has 1 aromatic rings. The van der Waals surface area contributed by atoms with Gasteiger partial charge in [-0.2, -0.15) is 0 Å². The molecule has 0 saturated carbocycles. The molecule has 1 heterocycles. The Balaban J connectivity index is 1.66. The van der Waals surface area contributed by atoms with Crippen LogP contribution in [-0.2, 0) is 16.1 Å². The molecule has 0 amide bonds. The van der Waals surface area contributed by atoms with E-state index in [-0.39, 0.29) is 0 Å². The summed E-state index contributed by atoms with van der Waals surface area (Å²) in [5.74, 6) is 0.614. The highest BCUT2D eigenvalue weighted by Crippen LogP contribution is 2.26. The van der Waals surface area contributed by atoms with Crippen molar-refractivity contribution in [1.29, 1.82) is 0 Å². The van der Waals surface area contributed by atoms with Gasteiger partial charge in [0, 0.05) is 6.61 Å². The van der Waals surface area contributed by atoms with E-state index in [9.17, 15) is 0 Å². The van der Waals surface area contributed by atoms with Crippen LogP contribution in [0.1, 0.15) is 31.2 Å². The fourth-order valence-electron chi connectivity index (χ4n) is 2.90. The van der Waals surface area contributed by atoms with Crippen molar-refractivity contribution in [2.45, 2.75) is 38.4 Å². The third-order valence-electron chi connectivity index (χ3n) is 4.15. The maximum atomic E-state index is 5.92. The van der Waals surface area contributed by atoms with Gasteiger partial charge in [0.25, 0.3) is 0 Å². The number of hydrogen-bond acceptors (Lipinski definition) is 2. The summed E-state index contributed by atoms with van der Waals surface area (Å²) in [6, 6.07) is 10.3. The van der Waals surface area contributed by atoms with E-state index in [4.69, 9.17) is 9.47 Å². The highest BCUT2D eigenvalue weighted by atomic mass is 16.5. The Labute approximate surface area is 140 Å². The van der Waals surface area contributed by atoms with Gasteiger partial charge in [-0.3, -0.25) is 0 Å². The smallest absolute Gasteiger partial charge is 0.0721 e. The summed E-state index contributed by atoms with van der Waals surface area (Å²) in [5, 5.41) is 0. The van der Waals surface area contributed by atoms with Gasteiger partial charge in [0.15, 0.2) is 0 Å². The van der Waals surface area contributed by atoms with E-state index in [0.717, 1.165) is 19.4 Å². The predicted molar refractivity (Wildman–Crippen MR) is 96.3 cm³/mol. The molecule has 0 bridgehead atoms. The summed E-state index contributed by atoms with van der Waals surface area (Å²) in [5.41, 5.74) is 1.22. The SMILES string of the molecule is C=C/C=C/C[C@@H]1OCCC[C@@H]1C/C=C\COCc1ccccc1. The van der Waals surface area contributed by atoms with Crippen LogP contribution in [0.2, 0.25) is 0 Å². The van der Waals surface area contributed by atoms with Crippen molar-refractivity contribution >= 4 is 0 Å². The number of allylic oxidation sites excluding steroid dienone is 3. The maximum Gasteiger partial charge on any atom is 0.0721 e. The summed E-state index contributed by atoms with van der Waals surface area (Å²) in [4.78, 5) is 0. The first-order chi connectivity index (χ1) is 11.4. The zero-order valence-electron chi connectivity index (χ0n) is 13.9. The monoisotopic (exact) mass is 312 g/mol. The number of benzene rings is 1. The number of hydrogen-bond donors (Lipinski definition) is 0. The van der Waals surface area contributed by atoms with Crippen LogP contribution in [0.4, 0.5) is 0 Å². The molecule has 0 unspecified atom stereocenters. The van der Waals surface area contributed by atoms with Gasteiger partial charge in [-0.15, -0.1) is 0 Å². The first-order valence-corrected chi connectivity index (χ1v) is 8.56. The molecule has 1 aliphatic heterocycles. The van der Waals surface area contributed by atoms with Gasteiger partial charge in [0.2, 0.25) is 0 Å². The highest BCUT2D eigenvalue weighted by molar-refractivity contribution is 5.13. The van der Waals surface area contributed by atoms with Crippen molar-refractivity contribution < 1.29 is 9.47 Å². The number of ether oxygens (including phenoxy) is 2. The van der Waals surface area contributed by atoms with Crippen LogP contribution in [0, 0.1) is 5.92 Å². The van der Waals surface area contributed by atoms with Crippen LogP contribution < -0.4 is 0 Å². The molecule has 2 atom stereocenters. The van der Waals surface area contributed by atoms with Crippen LogP contribution in [0.25, 0.3) is 0 Å². The molecule has 1 fully saturated rings. The molecular weight excluding hydrogens is 284 g/mol. The highest BCUT2D eigenvalue weighted by Gasteiger charge is 2.23. The predicted octanol–water partition coefficient (Wildman–Crippen LogP) is 5.08. The number of rotatable bonds is 9. The minimum Gasteiger partial charge on any atom is -0.378 e. The maximum absolute atomic E-state index is 5.92. The molecular formula is C21H28O2. The lowest BCUT2D eigenvalue weighted by atomic mass is 9.89. The van der Waals surface area contributed by atoms with Crippen molar-refractivity contribution in [3.05, 3.63) is 72.9 Å². The fraction of sp³-hybridized carbons (Fsp3) is 0.429. The van der Waals surface area contributed by atoms with E-state index in [2.05, 4.69) is 36.9 Å². The Kier molecular flexibility index (Phi) is 8.46. The molecule has 1 aromatic carbocycles. The van der Waals surface area contributed by atoms with E-state index in [0.29, 0.717) is 25.2 Å². The molecule has 0 aliphatic carbocycles. The van der Waals surface area contributed by atoms with Gasteiger partial charge in [0.05, 0.1) is 19.3 Å². The van der Waals surface area contributed by atoms with Crippen LogP contribution in [0.5, 0.6) is 0 Å². The van der Waals surface area contributed by atoms with Gasteiger partial charge in [-0.05, 0) is 37.2 Å². The lowest BCUT2D eigenvalue weighted by molar-refractivity contribution is -0.0230. The minimum atomic E-state index is 0.342. The molecule has 23 heavy (non-hydrogen) atoms. The van der Waals surface area contributed by atoms with E-state index < -0.39 is 0 Å². The first kappa shape index (κ1) is 17.7. The molecule has 0 N–H and O–H groups in total. The summed E-state index contributed by atoms with van der Waals surface area (Å²) >= 11 is 0. The Morgan fingerprint density at radius 2 is 2.00 bits per heavy atom. The van der Waals surface area contributed by atoms with Crippen LogP contribution >= 0.6 is 0 Å². The molecule has 2 nitrogen and oxygen atoms in total. The van der Waals surface area contributed by atoms with E-state index in [1.165, 1.54) is 18.4 Å². The molecule has 0 radical (unpaired) electrons. The Hall–Kier alpha value is -1.64. The fourth-order valence-corrected chi connectivity index (χ4v) is 2.90. The summed E-state index contributed by atoms with van der Waals surface area (Å²) in [7, 11) is 0.